The van der Waals surface area contributed by atoms with Crippen LogP contribution in [0.15, 0.2) is 41.0 Å². The van der Waals surface area contributed by atoms with E-state index in [1.54, 1.807) is 19.4 Å². The lowest BCUT2D eigenvalue weighted by Crippen LogP contribution is -2.38. The molecule has 3 rings (SSSR count). The number of methoxy groups -OCH3 is 1. The summed E-state index contributed by atoms with van der Waals surface area (Å²) in [6, 6.07) is 5.21. The number of allylic oxidation sites excluding steroid dienone is 1. The lowest BCUT2D eigenvalue weighted by Gasteiger charge is -2.22. The third kappa shape index (κ3) is 3.42. The third-order valence-corrected chi connectivity index (χ3v) is 4.24. The van der Waals surface area contributed by atoms with E-state index in [9.17, 15) is 9.59 Å². The van der Waals surface area contributed by atoms with Gasteiger partial charge in [0.1, 0.15) is 11.3 Å². The number of carbonyl (C=O) groups excluding carboxylic acids is 1. The highest BCUT2D eigenvalue weighted by molar-refractivity contribution is 5.88. The summed E-state index contributed by atoms with van der Waals surface area (Å²) < 4.78 is 10.6. The van der Waals surface area contributed by atoms with Crippen LogP contribution >= 0.6 is 0 Å². The lowest BCUT2D eigenvalue weighted by molar-refractivity contribution is -0.142. The van der Waals surface area contributed by atoms with E-state index in [0.29, 0.717) is 24.2 Å². The Labute approximate surface area is 139 Å². The van der Waals surface area contributed by atoms with Crippen LogP contribution in [0.4, 0.5) is 0 Å². The SMILES string of the molecule is COc1ccc2c(CC(=O)N[C@H]3C=CC[C@H](C(=O)O)C3)coc2c1. The number of carboxylic acids is 1. The minimum atomic E-state index is -0.826. The van der Waals surface area contributed by atoms with Gasteiger partial charge in [0.25, 0.3) is 0 Å². The van der Waals surface area contributed by atoms with Crippen LogP contribution in [0.2, 0.25) is 0 Å². The number of ether oxygens (including phenoxy) is 1. The first-order valence-corrected chi connectivity index (χ1v) is 7.79. The van der Waals surface area contributed by atoms with Gasteiger partial charge in [-0.1, -0.05) is 12.2 Å². The van der Waals surface area contributed by atoms with Crippen molar-refractivity contribution < 1.29 is 23.8 Å². The third-order valence-electron chi connectivity index (χ3n) is 4.24. The van der Waals surface area contributed by atoms with Gasteiger partial charge in [-0.2, -0.15) is 0 Å². The Morgan fingerprint density at radius 3 is 3.00 bits per heavy atom. The van der Waals surface area contributed by atoms with E-state index < -0.39 is 11.9 Å². The van der Waals surface area contributed by atoms with Gasteiger partial charge < -0.3 is 19.6 Å². The van der Waals surface area contributed by atoms with Crippen LogP contribution < -0.4 is 10.1 Å². The van der Waals surface area contributed by atoms with E-state index in [2.05, 4.69) is 5.32 Å². The average molecular weight is 329 g/mol. The number of carboxylic acid groups (broad SMARTS) is 1. The highest BCUT2D eigenvalue weighted by Crippen LogP contribution is 2.26. The zero-order valence-corrected chi connectivity index (χ0v) is 13.3. The number of furan rings is 1. The molecule has 1 aromatic carbocycles. The Morgan fingerprint density at radius 2 is 2.25 bits per heavy atom. The van der Waals surface area contributed by atoms with Crippen molar-refractivity contribution in [3.63, 3.8) is 0 Å². The minimum absolute atomic E-state index is 0.158. The summed E-state index contributed by atoms with van der Waals surface area (Å²) in [6.07, 6.45) is 6.35. The zero-order chi connectivity index (χ0) is 17.1. The molecule has 0 radical (unpaired) electrons. The molecular formula is C18H19NO5. The quantitative estimate of drug-likeness (QED) is 0.823. The number of hydrogen-bond acceptors (Lipinski definition) is 4. The maximum absolute atomic E-state index is 12.3. The molecule has 0 unspecified atom stereocenters. The van der Waals surface area contributed by atoms with Crippen molar-refractivity contribution in [2.24, 2.45) is 5.92 Å². The number of fused-ring (bicyclic) bond motifs is 1. The first-order valence-electron chi connectivity index (χ1n) is 7.79. The number of nitrogens with one attached hydrogen (secondary N) is 1. The molecule has 1 aliphatic carbocycles. The highest BCUT2D eigenvalue weighted by atomic mass is 16.5. The largest absolute Gasteiger partial charge is 0.497 e. The van der Waals surface area contributed by atoms with E-state index in [1.165, 1.54) is 0 Å². The molecule has 2 N–H and O–H groups in total. The fourth-order valence-corrected chi connectivity index (χ4v) is 2.96. The van der Waals surface area contributed by atoms with E-state index in [4.69, 9.17) is 14.3 Å². The Morgan fingerprint density at radius 1 is 1.42 bits per heavy atom. The van der Waals surface area contributed by atoms with Gasteiger partial charge in [0.2, 0.25) is 5.91 Å². The second-order valence-corrected chi connectivity index (χ2v) is 5.91. The zero-order valence-electron chi connectivity index (χ0n) is 13.3. The number of hydrogen-bond donors (Lipinski definition) is 2. The number of rotatable bonds is 5. The standard InChI is InChI=1S/C18H19NO5/c1-23-14-5-6-15-12(10-24-16(15)9-14)8-17(20)19-13-4-2-3-11(7-13)18(21)22/h2,4-6,9-11,13H,3,7-8H2,1H3,(H,19,20)(H,21,22)/t11-,13-/m0/s1. The minimum Gasteiger partial charge on any atom is -0.497 e. The Bertz CT molecular complexity index is 792. The van der Waals surface area contributed by atoms with E-state index in [-0.39, 0.29) is 18.4 Å². The predicted molar refractivity (Wildman–Crippen MR) is 87.9 cm³/mol. The molecule has 0 saturated carbocycles. The second-order valence-electron chi connectivity index (χ2n) is 5.91. The number of benzene rings is 1. The van der Waals surface area contributed by atoms with Crippen LogP contribution in [0.5, 0.6) is 5.75 Å². The fourth-order valence-electron chi connectivity index (χ4n) is 2.96. The molecule has 1 aliphatic rings. The number of carbonyl (C=O) groups is 2. The Kier molecular flexibility index (Phi) is 4.55. The van der Waals surface area contributed by atoms with Crippen molar-refractivity contribution in [1.82, 2.24) is 5.32 Å². The van der Waals surface area contributed by atoms with Gasteiger partial charge in [-0.05, 0) is 25.0 Å². The average Bonchev–Trinajstić information content (AvgIpc) is 2.97. The van der Waals surface area contributed by atoms with Crippen molar-refractivity contribution >= 4 is 22.8 Å². The highest BCUT2D eigenvalue weighted by Gasteiger charge is 2.24. The van der Waals surface area contributed by atoms with Crippen LogP contribution in [0.1, 0.15) is 18.4 Å². The first kappa shape index (κ1) is 16.1. The van der Waals surface area contributed by atoms with Crippen LogP contribution in [0, 0.1) is 5.92 Å². The van der Waals surface area contributed by atoms with Gasteiger partial charge in [-0.25, -0.2) is 0 Å². The summed E-state index contributed by atoms with van der Waals surface area (Å²) >= 11 is 0. The van der Waals surface area contributed by atoms with Gasteiger partial charge in [0.15, 0.2) is 0 Å². The molecule has 0 saturated heterocycles. The van der Waals surface area contributed by atoms with Crippen molar-refractivity contribution in [2.45, 2.75) is 25.3 Å². The summed E-state index contributed by atoms with van der Waals surface area (Å²) in [7, 11) is 1.58. The summed E-state index contributed by atoms with van der Waals surface area (Å²) in [4.78, 5) is 23.3. The van der Waals surface area contributed by atoms with E-state index >= 15 is 0 Å². The molecule has 6 nitrogen and oxygen atoms in total. The summed E-state index contributed by atoms with van der Waals surface area (Å²) in [6.45, 7) is 0. The lowest BCUT2D eigenvalue weighted by atomic mass is 9.91. The first-order chi connectivity index (χ1) is 11.6. The molecule has 0 spiro atoms. The van der Waals surface area contributed by atoms with Crippen LogP contribution in [0.3, 0.4) is 0 Å². The monoisotopic (exact) mass is 329 g/mol. The molecule has 1 amide bonds. The van der Waals surface area contributed by atoms with E-state index in [1.807, 2.05) is 24.3 Å². The molecule has 24 heavy (non-hydrogen) atoms. The molecule has 0 aliphatic heterocycles. The molecule has 2 atom stereocenters. The normalized spacial score (nSPS) is 20.0. The van der Waals surface area contributed by atoms with Crippen LogP contribution in [0.25, 0.3) is 11.0 Å². The van der Waals surface area contributed by atoms with Crippen molar-refractivity contribution in [1.29, 1.82) is 0 Å². The van der Waals surface area contributed by atoms with E-state index in [0.717, 1.165) is 10.9 Å². The fraction of sp³-hybridized carbons (Fsp3) is 0.333. The summed E-state index contributed by atoms with van der Waals surface area (Å²) in [5, 5.41) is 12.8. The Balaban J connectivity index is 1.66. The molecular weight excluding hydrogens is 310 g/mol. The molecule has 2 aromatic rings. The molecule has 0 bridgehead atoms. The molecule has 1 aromatic heterocycles. The van der Waals surface area contributed by atoms with Gasteiger partial charge in [0.05, 0.1) is 25.7 Å². The maximum atomic E-state index is 12.3. The van der Waals surface area contributed by atoms with Gasteiger partial charge in [-0.3, -0.25) is 9.59 Å². The Hall–Kier alpha value is -2.76. The summed E-state index contributed by atoms with van der Waals surface area (Å²) in [5.41, 5.74) is 1.46. The maximum Gasteiger partial charge on any atom is 0.306 e. The van der Waals surface area contributed by atoms with Crippen molar-refractivity contribution in [3.05, 3.63) is 42.2 Å². The number of amides is 1. The van der Waals surface area contributed by atoms with Gasteiger partial charge >= 0.3 is 5.97 Å². The molecule has 126 valence electrons. The molecule has 1 heterocycles. The van der Waals surface area contributed by atoms with Crippen molar-refractivity contribution in [2.75, 3.05) is 7.11 Å². The topological polar surface area (TPSA) is 88.8 Å². The summed E-state index contributed by atoms with van der Waals surface area (Å²) in [5.74, 6) is -0.731. The number of aliphatic carboxylic acids is 1. The van der Waals surface area contributed by atoms with Crippen molar-refractivity contribution in [3.8, 4) is 5.75 Å². The van der Waals surface area contributed by atoms with Gasteiger partial charge in [-0.15, -0.1) is 0 Å². The van der Waals surface area contributed by atoms with Gasteiger partial charge in [0, 0.05) is 23.1 Å². The predicted octanol–water partition coefficient (Wildman–Crippen LogP) is 2.52. The second kappa shape index (κ2) is 6.78. The molecule has 0 fully saturated rings. The van der Waals surface area contributed by atoms with Crippen LogP contribution in [-0.4, -0.2) is 30.1 Å². The smallest absolute Gasteiger partial charge is 0.306 e. The molecule has 6 heteroatoms. The van der Waals surface area contributed by atoms with Crippen LogP contribution in [-0.2, 0) is 16.0 Å².